The Labute approximate surface area is 191 Å². The van der Waals surface area contributed by atoms with Crippen molar-refractivity contribution in [1.29, 1.82) is 0 Å². The number of aromatic nitrogens is 4. The lowest BCUT2D eigenvalue weighted by atomic mass is 10.1. The maximum Gasteiger partial charge on any atom is 0.299 e. The number of rotatable bonds is 8. The lowest BCUT2D eigenvalue weighted by molar-refractivity contribution is 0.578. The fourth-order valence-corrected chi connectivity index (χ4v) is 4.38. The molecule has 2 N–H and O–H groups in total. The van der Waals surface area contributed by atoms with E-state index in [0.717, 1.165) is 57.7 Å². The van der Waals surface area contributed by atoms with Gasteiger partial charge in [0.1, 0.15) is 5.82 Å². The van der Waals surface area contributed by atoms with Gasteiger partial charge in [-0.3, -0.25) is 9.36 Å². The first-order chi connectivity index (χ1) is 16.2. The number of aryl methyl sites for hydroxylation is 1. The Morgan fingerprint density at radius 1 is 1.15 bits per heavy atom. The summed E-state index contributed by atoms with van der Waals surface area (Å²) in [6.07, 6.45) is 6.11. The highest BCUT2D eigenvalue weighted by Crippen LogP contribution is 2.40. The number of nitrogens with zero attached hydrogens (tertiary/aromatic N) is 5. The van der Waals surface area contributed by atoms with Gasteiger partial charge in [0.25, 0.3) is 5.56 Å². The molecule has 8 nitrogen and oxygen atoms in total. The summed E-state index contributed by atoms with van der Waals surface area (Å²) in [5.74, 6) is 1.24. The van der Waals surface area contributed by atoms with E-state index in [1.165, 1.54) is 17.7 Å². The van der Waals surface area contributed by atoms with E-state index in [9.17, 15) is 9.18 Å². The number of nitrogens with one attached hydrogen (secondary N) is 2. The van der Waals surface area contributed by atoms with E-state index in [1.807, 2.05) is 17.0 Å². The normalized spacial score (nSPS) is 20.1. The number of halogens is 1. The molecule has 3 aromatic rings. The van der Waals surface area contributed by atoms with Crippen molar-refractivity contribution in [2.75, 3.05) is 37.6 Å². The molecular formula is C24H28FN7O. The van der Waals surface area contributed by atoms with Gasteiger partial charge < -0.3 is 15.5 Å². The number of benzene rings is 1. The van der Waals surface area contributed by atoms with Crippen molar-refractivity contribution in [3.8, 4) is 5.82 Å². The maximum absolute atomic E-state index is 13.2. The Hall–Kier alpha value is -3.17. The van der Waals surface area contributed by atoms with Crippen molar-refractivity contribution >= 4 is 5.82 Å². The molecule has 1 saturated carbocycles. The molecule has 2 atom stereocenters. The van der Waals surface area contributed by atoms with Crippen molar-refractivity contribution in [3.05, 3.63) is 76.2 Å². The van der Waals surface area contributed by atoms with E-state index < -0.39 is 0 Å². The smallest absolute Gasteiger partial charge is 0.299 e. The number of hydrogen-bond acceptors (Lipinski definition) is 7. The second kappa shape index (κ2) is 9.76. The third-order valence-electron chi connectivity index (χ3n) is 6.26. The molecule has 1 aromatic carbocycles. The highest BCUT2D eigenvalue weighted by atomic mass is 19.1. The van der Waals surface area contributed by atoms with Crippen LogP contribution in [0, 0.1) is 5.82 Å². The van der Waals surface area contributed by atoms with Crippen LogP contribution in [0.15, 0.2) is 53.6 Å². The molecule has 0 radical (unpaired) electrons. The predicted octanol–water partition coefficient (Wildman–Crippen LogP) is 1.65. The van der Waals surface area contributed by atoms with Crippen molar-refractivity contribution in [3.63, 3.8) is 0 Å². The summed E-state index contributed by atoms with van der Waals surface area (Å²) >= 11 is 0. The molecule has 1 aliphatic heterocycles. The predicted molar refractivity (Wildman–Crippen MR) is 124 cm³/mol. The van der Waals surface area contributed by atoms with Gasteiger partial charge in [-0.25, -0.2) is 9.37 Å². The van der Waals surface area contributed by atoms with Crippen LogP contribution in [0.3, 0.4) is 0 Å². The highest BCUT2D eigenvalue weighted by Gasteiger charge is 2.37. The average molecular weight is 450 g/mol. The molecular weight excluding hydrogens is 421 g/mol. The summed E-state index contributed by atoms with van der Waals surface area (Å²) in [5, 5.41) is 15.0. The van der Waals surface area contributed by atoms with Crippen molar-refractivity contribution < 1.29 is 4.39 Å². The second-order valence-electron chi connectivity index (χ2n) is 8.61. The van der Waals surface area contributed by atoms with Crippen LogP contribution < -0.4 is 21.1 Å². The summed E-state index contributed by atoms with van der Waals surface area (Å²) in [6, 6.07) is 10.8. The molecule has 5 rings (SSSR count). The zero-order chi connectivity index (χ0) is 22.6. The van der Waals surface area contributed by atoms with Gasteiger partial charge in [-0.05, 0) is 55.6 Å². The highest BCUT2D eigenvalue weighted by molar-refractivity contribution is 5.40. The van der Waals surface area contributed by atoms with Crippen LogP contribution in [-0.4, -0.2) is 58.5 Å². The zero-order valence-electron chi connectivity index (χ0n) is 18.5. The summed E-state index contributed by atoms with van der Waals surface area (Å²) < 4.78 is 14.7. The van der Waals surface area contributed by atoms with Crippen LogP contribution in [0.1, 0.15) is 30.0 Å². The monoisotopic (exact) mass is 449 g/mol. The van der Waals surface area contributed by atoms with Crippen LogP contribution in [0.4, 0.5) is 10.2 Å². The van der Waals surface area contributed by atoms with Crippen molar-refractivity contribution in [2.45, 2.75) is 31.2 Å². The number of piperazine rings is 1. The average Bonchev–Trinajstić information content (AvgIpc) is 3.64. The fourth-order valence-electron chi connectivity index (χ4n) is 4.38. The molecule has 33 heavy (non-hydrogen) atoms. The molecule has 2 aromatic heterocycles. The number of anilines is 1. The topological polar surface area (TPSA) is 88.0 Å². The Balaban J connectivity index is 1.25. The molecule has 9 heteroatoms. The lowest BCUT2D eigenvalue weighted by Crippen LogP contribution is -2.46. The van der Waals surface area contributed by atoms with E-state index in [2.05, 4.69) is 20.8 Å². The third kappa shape index (κ3) is 5.09. The quantitative estimate of drug-likeness (QED) is 0.506. The summed E-state index contributed by atoms with van der Waals surface area (Å²) in [6.45, 7) is 4.02. The van der Waals surface area contributed by atoms with Gasteiger partial charge in [0.15, 0.2) is 11.6 Å². The van der Waals surface area contributed by atoms with Crippen molar-refractivity contribution in [1.82, 2.24) is 30.4 Å². The molecule has 2 aliphatic rings. The molecule has 0 amide bonds. The first kappa shape index (κ1) is 21.7. The minimum atomic E-state index is -0.195. The van der Waals surface area contributed by atoms with Crippen LogP contribution in [0.2, 0.25) is 0 Å². The van der Waals surface area contributed by atoms with Gasteiger partial charge in [0.05, 0.1) is 5.69 Å². The minimum Gasteiger partial charge on any atom is -0.349 e. The van der Waals surface area contributed by atoms with E-state index in [0.29, 0.717) is 23.6 Å². The molecule has 3 heterocycles. The van der Waals surface area contributed by atoms with E-state index >= 15 is 0 Å². The molecule has 2 fully saturated rings. The molecule has 0 unspecified atom stereocenters. The Kier molecular flexibility index (Phi) is 6.41. The van der Waals surface area contributed by atoms with E-state index in [1.54, 1.807) is 29.1 Å². The van der Waals surface area contributed by atoms with Crippen molar-refractivity contribution in [2.24, 2.45) is 0 Å². The fraction of sp³-hybridized carbons (Fsp3) is 0.417. The van der Waals surface area contributed by atoms with Crippen LogP contribution in [-0.2, 0) is 6.42 Å². The first-order valence-corrected chi connectivity index (χ1v) is 11.5. The molecule has 172 valence electrons. The zero-order valence-corrected chi connectivity index (χ0v) is 18.5. The van der Waals surface area contributed by atoms with E-state index in [4.69, 9.17) is 4.98 Å². The van der Waals surface area contributed by atoms with Crippen LogP contribution >= 0.6 is 0 Å². The summed E-state index contributed by atoms with van der Waals surface area (Å²) in [7, 11) is 0. The van der Waals surface area contributed by atoms with Crippen LogP contribution in [0.5, 0.6) is 0 Å². The van der Waals surface area contributed by atoms with Gasteiger partial charge >= 0.3 is 0 Å². The summed E-state index contributed by atoms with van der Waals surface area (Å²) in [4.78, 5) is 20.0. The van der Waals surface area contributed by atoms with E-state index in [-0.39, 0.29) is 11.4 Å². The minimum absolute atomic E-state index is 0.167. The van der Waals surface area contributed by atoms with Gasteiger partial charge in [0.2, 0.25) is 0 Å². The third-order valence-corrected chi connectivity index (χ3v) is 6.26. The molecule has 0 spiro atoms. The maximum atomic E-state index is 13.2. The Bertz CT molecular complexity index is 1130. The van der Waals surface area contributed by atoms with Gasteiger partial charge in [0, 0.05) is 50.5 Å². The molecule has 0 bridgehead atoms. The SMILES string of the molecule is O=c1c(N2CCNCC2)nc(CCCN[C@@H]2C[C@H]2c2ccc(F)cc2)cn1-c1cccnn1. The van der Waals surface area contributed by atoms with Gasteiger partial charge in [-0.2, -0.15) is 5.10 Å². The first-order valence-electron chi connectivity index (χ1n) is 11.5. The van der Waals surface area contributed by atoms with Gasteiger partial charge in [-0.15, -0.1) is 5.10 Å². The Morgan fingerprint density at radius 2 is 1.97 bits per heavy atom. The second-order valence-corrected chi connectivity index (χ2v) is 8.61. The molecule has 1 aliphatic carbocycles. The standard InChI is InChI=1S/C24H28FN7O/c25-18-7-5-17(6-8-18)20-15-21(20)27-9-1-3-19-16-32(22-4-2-10-28-30-22)24(33)23(29-19)31-13-11-26-12-14-31/h2,4-8,10,16,20-21,26-27H,1,3,9,11-15H2/t20-,21+/m0/s1. The number of hydrogen-bond donors (Lipinski definition) is 2. The Morgan fingerprint density at radius 3 is 2.73 bits per heavy atom. The molecule has 1 saturated heterocycles. The van der Waals surface area contributed by atoms with Gasteiger partial charge in [-0.1, -0.05) is 12.1 Å². The lowest BCUT2D eigenvalue weighted by Gasteiger charge is -2.28. The summed E-state index contributed by atoms with van der Waals surface area (Å²) in [5.41, 5.74) is 1.88. The largest absolute Gasteiger partial charge is 0.349 e. The van der Waals surface area contributed by atoms with Crippen LogP contribution in [0.25, 0.3) is 5.82 Å².